The number of nitrogens with zero attached hydrogens (tertiary/aromatic N) is 2. The number of aromatic nitrogens is 2. The van der Waals surface area contributed by atoms with Gasteiger partial charge in [-0.3, -0.25) is 4.79 Å². The van der Waals surface area contributed by atoms with Gasteiger partial charge in [-0.1, -0.05) is 25.0 Å². The van der Waals surface area contributed by atoms with E-state index in [-0.39, 0.29) is 12.5 Å². The molecule has 1 atom stereocenters. The number of aliphatic carboxylic acids is 1. The Labute approximate surface area is 166 Å². The normalized spacial score (nSPS) is 12.0. The topological polar surface area (TPSA) is 82.8 Å². The van der Waals surface area contributed by atoms with E-state index in [1.54, 1.807) is 19.6 Å². The van der Waals surface area contributed by atoms with Crippen molar-refractivity contribution < 1.29 is 24.1 Å². The zero-order valence-electron chi connectivity index (χ0n) is 16.5. The summed E-state index contributed by atoms with van der Waals surface area (Å²) in [6.07, 6.45) is 9.12. The Hall–Kier alpha value is -2.38. The lowest BCUT2D eigenvalue weighted by Gasteiger charge is -2.19. The molecule has 0 fully saturated rings. The number of carboxylic acid groups (broad SMARTS) is 1. The third kappa shape index (κ3) is 9.01. The fourth-order valence-corrected chi connectivity index (χ4v) is 2.80. The molecule has 1 unspecified atom stereocenters. The maximum atomic E-state index is 10.5. The second-order valence-corrected chi connectivity index (χ2v) is 6.67. The first-order chi connectivity index (χ1) is 13.7. The Morgan fingerprint density at radius 3 is 2.64 bits per heavy atom. The zero-order chi connectivity index (χ0) is 20.0. The number of carboxylic acids is 1. The number of hydrogen-bond donors (Lipinski definition) is 1. The van der Waals surface area contributed by atoms with Crippen molar-refractivity contribution in [3.63, 3.8) is 0 Å². The maximum absolute atomic E-state index is 10.5. The molecule has 0 amide bonds. The van der Waals surface area contributed by atoms with Crippen LogP contribution in [0.3, 0.4) is 0 Å². The number of unbranched alkanes of at least 4 members (excludes halogenated alkanes) is 3. The van der Waals surface area contributed by atoms with Crippen molar-refractivity contribution in [1.82, 2.24) is 9.55 Å². The molecule has 28 heavy (non-hydrogen) atoms. The van der Waals surface area contributed by atoms with Crippen molar-refractivity contribution in [3.05, 3.63) is 48.5 Å². The Balaban J connectivity index is 1.69. The molecule has 0 aliphatic heterocycles. The number of rotatable bonds is 15. The van der Waals surface area contributed by atoms with Crippen LogP contribution in [0.4, 0.5) is 0 Å². The summed E-state index contributed by atoms with van der Waals surface area (Å²) in [5, 5.41) is 8.65. The minimum atomic E-state index is -0.731. The van der Waals surface area contributed by atoms with Gasteiger partial charge in [-0.15, -0.1) is 0 Å². The Morgan fingerprint density at radius 1 is 1.18 bits per heavy atom. The minimum absolute atomic E-state index is 0.0635. The van der Waals surface area contributed by atoms with Crippen molar-refractivity contribution in [3.8, 4) is 5.75 Å². The molecule has 0 bridgehead atoms. The zero-order valence-corrected chi connectivity index (χ0v) is 16.5. The summed E-state index contributed by atoms with van der Waals surface area (Å²) in [5.41, 5.74) is 1.08. The highest BCUT2D eigenvalue weighted by Gasteiger charge is 2.11. The second-order valence-electron chi connectivity index (χ2n) is 6.67. The van der Waals surface area contributed by atoms with Gasteiger partial charge in [0, 0.05) is 25.4 Å². The lowest BCUT2D eigenvalue weighted by Crippen LogP contribution is -2.25. The molecule has 2 rings (SSSR count). The summed E-state index contributed by atoms with van der Waals surface area (Å²) in [4.78, 5) is 14.6. The van der Waals surface area contributed by atoms with Gasteiger partial charge >= 0.3 is 5.97 Å². The van der Waals surface area contributed by atoms with Crippen LogP contribution in [0.5, 0.6) is 5.75 Å². The summed E-state index contributed by atoms with van der Waals surface area (Å²) in [6.45, 7) is 2.33. The monoisotopic (exact) mass is 390 g/mol. The van der Waals surface area contributed by atoms with Crippen LogP contribution in [0, 0.1) is 0 Å². The Bertz CT molecular complexity index is 658. The molecule has 1 aromatic carbocycles. The van der Waals surface area contributed by atoms with Crippen LogP contribution >= 0.6 is 0 Å². The van der Waals surface area contributed by atoms with Crippen LogP contribution in [-0.4, -0.2) is 47.1 Å². The molecule has 1 heterocycles. The van der Waals surface area contributed by atoms with Crippen LogP contribution in [0.25, 0.3) is 0 Å². The maximum Gasteiger partial charge on any atom is 0.303 e. The van der Waals surface area contributed by atoms with Crippen LogP contribution < -0.4 is 4.74 Å². The molecule has 1 N–H and O–H groups in total. The highest BCUT2D eigenvalue weighted by atomic mass is 16.5. The van der Waals surface area contributed by atoms with Crippen molar-refractivity contribution in [2.75, 3.05) is 20.3 Å². The molecule has 1 aromatic heterocycles. The van der Waals surface area contributed by atoms with Crippen LogP contribution in [-0.2, 0) is 27.4 Å². The molecule has 7 nitrogen and oxygen atoms in total. The molecule has 0 spiro atoms. The van der Waals surface area contributed by atoms with E-state index in [1.807, 2.05) is 35.0 Å². The SMILES string of the molecule is COc1ccc(COCC(Cn2ccnc2)OCCCCCCC(=O)O)cc1. The molecule has 0 saturated heterocycles. The van der Waals surface area contributed by atoms with E-state index in [0.717, 1.165) is 37.0 Å². The molecular formula is C21H30N2O5. The van der Waals surface area contributed by atoms with E-state index in [1.165, 1.54) is 0 Å². The predicted octanol–water partition coefficient (Wildman–Crippen LogP) is 3.53. The minimum Gasteiger partial charge on any atom is -0.497 e. The molecule has 0 saturated carbocycles. The summed E-state index contributed by atoms with van der Waals surface area (Å²) in [5.74, 6) is 0.0964. The van der Waals surface area contributed by atoms with Gasteiger partial charge in [-0.25, -0.2) is 4.98 Å². The summed E-state index contributed by atoms with van der Waals surface area (Å²) >= 11 is 0. The molecule has 154 valence electrons. The lowest BCUT2D eigenvalue weighted by molar-refractivity contribution is -0.137. The van der Waals surface area contributed by atoms with Crippen LogP contribution in [0.1, 0.15) is 37.7 Å². The van der Waals surface area contributed by atoms with Crippen molar-refractivity contribution in [2.45, 2.75) is 51.4 Å². The highest BCUT2D eigenvalue weighted by molar-refractivity contribution is 5.66. The van der Waals surface area contributed by atoms with Gasteiger partial charge in [0.1, 0.15) is 5.75 Å². The first kappa shape index (κ1) is 21.9. The average molecular weight is 390 g/mol. The second kappa shape index (κ2) is 12.9. The van der Waals surface area contributed by atoms with Gasteiger partial charge in [0.05, 0.1) is 39.3 Å². The first-order valence-corrected chi connectivity index (χ1v) is 9.67. The van der Waals surface area contributed by atoms with Crippen molar-refractivity contribution in [2.24, 2.45) is 0 Å². The van der Waals surface area contributed by atoms with Gasteiger partial charge in [-0.05, 0) is 30.5 Å². The number of methoxy groups -OCH3 is 1. The number of imidazole rings is 1. The molecule has 0 aliphatic carbocycles. The van der Waals surface area contributed by atoms with Gasteiger partial charge < -0.3 is 23.9 Å². The third-order valence-corrected chi connectivity index (χ3v) is 4.34. The summed E-state index contributed by atoms with van der Waals surface area (Å²) in [6, 6.07) is 7.81. The van der Waals surface area contributed by atoms with Crippen LogP contribution in [0.2, 0.25) is 0 Å². The molecule has 0 aliphatic rings. The van der Waals surface area contributed by atoms with Gasteiger partial charge in [-0.2, -0.15) is 0 Å². The third-order valence-electron chi connectivity index (χ3n) is 4.34. The van der Waals surface area contributed by atoms with Gasteiger partial charge in [0.15, 0.2) is 0 Å². The number of carbonyl (C=O) groups is 1. The first-order valence-electron chi connectivity index (χ1n) is 9.67. The van der Waals surface area contributed by atoms with Gasteiger partial charge in [0.25, 0.3) is 0 Å². The molecule has 0 radical (unpaired) electrons. The number of ether oxygens (including phenoxy) is 3. The Morgan fingerprint density at radius 2 is 1.96 bits per heavy atom. The van der Waals surface area contributed by atoms with E-state index in [0.29, 0.717) is 26.4 Å². The van der Waals surface area contributed by atoms with E-state index >= 15 is 0 Å². The van der Waals surface area contributed by atoms with Gasteiger partial charge in [0.2, 0.25) is 0 Å². The summed E-state index contributed by atoms with van der Waals surface area (Å²) < 4.78 is 19.0. The number of benzene rings is 1. The quantitative estimate of drug-likeness (QED) is 0.469. The standard InChI is InChI=1S/C21H30N2O5/c1-26-19-9-7-18(8-10-19)15-27-16-20(14-23-12-11-22-17-23)28-13-5-3-2-4-6-21(24)25/h7-12,17,20H,2-6,13-16H2,1H3,(H,24,25). The molecule has 2 aromatic rings. The van der Waals surface area contributed by atoms with Crippen molar-refractivity contribution >= 4 is 5.97 Å². The predicted molar refractivity (Wildman–Crippen MR) is 105 cm³/mol. The summed E-state index contributed by atoms with van der Waals surface area (Å²) in [7, 11) is 1.65. The Kier molecular flexibility index (Phi) is 10.1. The fraction of sp³-hybridized carbons (Fsp3) is 0.524. The molecule has 7 heteroatoms. The number of hydrogen-bond acceptors (Lipinski definition) is 5. The smallest absolute Gasteiger partial charge is 0.303 e. The van der Waals surface area contributed by atoms with Crippen LogP contribution in [0.15, 0.2) is 43.0 Å². The van der Waals surface area contributed by atoms with E-state index in [4.69, 9.17) is 19.3 Å². The van der Waals surface area contributed by atoms with E-state index in [9.17, 15) is 4.79 Å². The van der Waals surface area contributed by atoms with E-state index in [2.05, 4.69) is 4.98 Å². The highest BCUT2D eigenvalue weighted by Crippen LogP contribution is 2.12. The fourth-order valence-electron chi connectivity index (χ4n) is 2.80. The van der Waals surface area contributed by atoms with E-state index < -0.39 is 5.97 Å². The van der Waals surface area contributed by atoms with Crippen molar-refractivity contribution in [1.29, 1.82) is 0 Å². The average Bonchev–Trinajstić information content (AvgIpc) is 3.20. The lowest BCUT2D eigenvalue weighted by atomic mass is 10.1. The largest absolute Gasteiger partial charge is 0.497 e. The molecular weight excluding hydrogens is 360 g/mol.